The van der Waals surface area contributed by atoms with Gasteiger partial charge >= 0.3 is 5.97 Å². The van der Waals surface area contributed by atoms with Gasteiger partial charge in [0.1, 0.15) is 0 Å². The SMILES string of the molecule is CCCN1C(=O)CCC(C(=O)O)C1c1csc(Br)c1. The summed E-state index contributed by atoms with van der Waals surface area (Å²) in [5.74, 6) is -1.27. The highest BCUT2D eigenvalue weighted by Crippen LogP contribution is 2.39. The fourth-order valence-corrected chi connectivity index (χ4v) is 3.81. The average molecular weight is 346 g/mol. The third kappa shape index (κ3) is 3.00. The summed E-state index contributed by atoms with van der Waals surface area (Å²) in [5.41, 5.74) is 0.922. The fraction of sp³-hybridized carbons (Fsp3) is 0.538. The van der Waals surface area contributed by atoms with Gasteiger partial charge in [0.25, 0.3) is 0 Å². The van der Waals surface area contributed by atoms with Crippen molar-refractivity contribution >= 4 is 39.1 Å². The van der Waals surface area contributed by atoms with E-state index in [2.05, 4.69) is 15.9 Å². The van der Waals surface area contributed by atoms with Gasteiger partial charge in [-0.15, -0.1) is 11.3 Å². The van der Waals surface area contributed by atoms with Crippen molar-refractivity contribution in [3.8, 4) is 0 Å². The number of halogens is 1. The monoisotopic (exact) mass is 345 g/mol. The average Bonchev–Trinajstić information content (AvgIpc) is 2.78. The van der Waals surface area contributed by atoms with Crippen molar-refractivity contribution in [2.75, 3.05) is 6.54 Å². The van der Waals surface area contributed by atoms with Gasteiger partial charge in [0, 0.05) is 13.0 Å². The normalized spacial score (nSPS) is 23.7. The van der Waals surface area contributed by atoms with Crippen molar-refractivity contribution in [2.45, 2.75) is 32.2 Å². The van der Waals surface area contributed by atoms with Crippen LogP contribution in [0.5, 0.6) is 0 Å². The van der Waals surface area contributed by atoms with Gasteiger partial charge in [-0.2, -0.15) is 0 Å². The minimum atomic E-state index is -0.819. The molecule has 1 fully saturated rings. The molecule has 1 aromatic rings. The van der Waals surface area contributed by atoms with E-state index in [1.165, 1.54) is 11.3 Å². The van der Waals surface area contributed by atoms with Crippen molar-refractivity contribution in [3.05, 3.63) is 20.8 Å². The lowest BCUT2D eigenvalue weighted by Gasteiger charge is -2.39. The summed E-state index contributed by atoms with van der Waals surface area (Å²) in [4.78, 5) is 25.3. The molecule has 1 amide bonds. The van der Waals surface area contributed by atoms with Crippen LogP contribution in [0.4, 0.5) is 0 Å². The minimum absolute atomic E-state index is 0.0617. The molecule has 2 unspecified atom stereocenters. The van der Waals surface area contributed by atoms with Gasteiger partial charge in [0.05, 0.1) is 15.7 Å². The summed E-state index contributed by atoms with van der Waals surface area (Å²) in [6.45, 7) is 2.61. The minimum Gasteiger partial charge on any atom is -0.481 e. The maximum atomic E-state index is 12.1. The van der Waals surface area contributed by atoms with Crippen LogP contribution in [0.1, 0.15) is 37.8 Å². The standard InChI is InChI=1S/C13H16BrNO3S/c1-2-5-15-11(16)4-3-9(13(17)18)12(15)8-6-10(14)19-7-8/h6-7,9,12H,2-5H2,1H3,(H,17,18). The molecule has 4 nitrogen and oxygen atoms in total. The second kappa shape index (κ2) is 6.05. The van der Waals surface area contributed by atoms with E-state index in [1.54, 1.807) is 4.90 Å². The molecule has 0 aromatic carbocycles. The van der Waals surface area contributed by atoms with Crippen LogP contribution in [-0.4, -0.2) is 28.4 Å². The molecule has 0 spiro atoms. The van der Waals surface area contributed by atoms with Gasteiger partial charge in [0.2, 0.25) is 5.91 Å². The van der Waals surface area contributed by atoms with E-state index >= 15 is 0 Å². The zero-order chi connectivity index (χ0) is 14.0. The van der Waals surface area contributed by atoms with Gasteiger partial charge in [-0.05, 0) is 45.8 Å². The largest absolute Gasteiger partial charge is 0.481 e. The van der Waals surface area contributed by atoms with Crippen molar-refractivity contribution in [3.63, 3.8) is 0 Å². The second-order valence-corrected chi connectivity index (χ2v) is 6.99. The van der Waals surface area contributed by atoms with Gasteiger partial charge in [-0.3, -0.25) is 9.59 Å². The second-order valence-electron chi connectivity index (χ2n) is 4.70. The smallest absolute Gasteiger partial charge is 0.308 e. The quantitative estimate of drug-likeness (QED) is 0.910. The lowest BCUT2D eigenvalue weighted by atomic mass is 9.85. The molecule has 1 aliphatic rings. The Kier molecular flexibility index (Phi) is 4.62. The molecular formula is C13H16BrNO3S. The Morgan fingerprint density at radius 2 is 2.37 bits per heavy atom. The van der Waals surface area contributed by atoms with E-state index < -0.39 is 11.9 Å². The summed E-state index contributed by atoms with van der Waals surface area (Å²) in [6.07, 6.45) is 1.59. The van der Waals surface area contributed by atoms with E-state index in [9.17, 15) is 14.7 Å². The molecule has 1 aliphatic heterocycles. The predicted molar refractivity (Wildman–Crippen MR) is 77.1 cm³/mol. The number of carbonyl (C=O) groups excluding carboxylic acids is 1. The molecule has 0 aliphatic carbocycles. The van der Waals surface area contributed by atoms with Crippen molar-refractivity contribution in [1.29, 1.82) is 0 Å². The number of rotatable bonds is 4. The molecule has 1 aromatic heterocycles. The van der Waals surface area contributed by atoms with Gasteiger partial charge in [-0.25, -0.2) is 0 Å². The van der Waals surface area contributed by atoms with Crippen LogP contribution in [0.25, 0.3) is 0 Å². The Hall–Kier alpha value is -0.880. The number of nitrogens with zero attached hydrogens (tertiary/aromatic N) is 1. The Labute approximate surface area is 124 Å². The molecule has 0 bridgehead atoms. The molecule has 2 atom stereocenters. The van der Waals surface area contributed by atoms with E-state index in [0.717, 1.165) is 15.8 Å². The third-order valence-corrected chi connectivity index (χ3v) is 4.94. The molecule has 1 saturated heterocycles. The van der Waals surface area contributed by atoms with Crippen molar-refractivity contribution in [1.82, 2.24) is 4.90 Å². The predicted octanol–water partition coefficient (Wildman–Crippen LogP) is 3.28. The van der Waals surface area contributed by atoms with Crippen LogP contribution in [-0.2, 0) is 9.59 Å². The maximum Gasteiger partial charge on any atom is 0.308 e. The molecule has 2 heterocycles. The Morgan fingerprint density at radius 1 is 1.63 bits per heavy atom. The van der Waals surface area contributed by atoms with Crippen LogP contribution in [0.15, 0.2) is 15.2 Å². The number of hydrogen-bond acceptors (Lipinski definition) is 3. The summed E-state index contributed by atoms with van der Waals surface area (Å²) < 4.78 is 0.959. The van der Waals surface area contributed by atoms with Gasteiger partial charge in [0.15, 0.2) is 0 Å². The number of carboxylic acids is 1. The van der Waals surface area contributed by atoms with E-state index in [-0.39, 0.29) is 11.9 Å². The molecule has 0 saturated carbocycles. The number of likely N-dealkylation sites (tertiary alicyclic amines) is 1. The molecular weight excluding hydrogens is 330 g/mol. The highest BCUT2D eigenvalue weighted by atomic mass is 79.9. The van der Waals surface area contributed by atoms with Crippen molar-refractivity contribution in [2.24, 2.45) is 5.92 Å². The molecule has 6 heteroatoms. The first-order valence-electron chi connectivity index (χ1n) is 6.30. The number of aliphatic carboxylic acids is 1. The van der Waals surface area contributed by atoms with Crippen LogP contribution in [0, 0.1) is 5.92 Å². The van der Waals surface area contributed by atoms with Crippen LogP contribution >= 0.6 is 27.3 Å². The molecule has 0 radical (unpaired) electrons. The zero-order valence-corrected chi connectivity index (χ0v) is 13.0. The number of amides is 1. The van der Waals surface area contributed by atoms with Crippen molar-refractivity contribution < 1.29 is 14.7 Å². The maximum absolute atomic E-state index is 12.1. The molecule has 19 heavy (non-hydrogen) atoms. The lowest BCUT2D eigenvalue weighted by molar-refractivity contribution is -0.152. The number of hydrogen-bond donors (Lipinski definition) is 1. The lowest BCUT2D eigenvalue weighted by Crippen LogP contribution is -2.45. The highest BCUT2D eigenvalue weighted by molar-refractivity contribution is 9.11. The summed E-state index contributed by atoms with van der Waals surface area (Å²) in [5, 5.41) is 11.3. The first-order valence-corrected chi connectivity index (χ1v) is 7.98. The number of carboxylic acid groups (broad SMARTS) is 1. The fourth-order valence-electron chi connectivity index (χ4n) is 2.61. The molecule has 1 N–H and O–H groups in total. The van der Waals surface area contributed by atoms with E-state index in [0.29, 0.717) is 19.4 Å². The van der Waals surface area contributed by atoms with Crippen LogP contribution < -0.4 is 0 Å². The Bertz CT molecular complexity index is 488. The molecule has 2 rings (SSSR count). The van der Waals surface area contributed by atoms with Gasteiger partial charge < -0.3 is 10.0 Å². The zero-order valence-electron chi connectivity index (χ0n) is 10.6. The summed E-state index contributed by atoms with van der Waals surface area (Å²) in [6, 6.07) is 1.59. The van der Waals surface area contributed by atoms with Crippen LogP contribution in [0.2, 0.25) is 0 Å². The third-order valence-electron chi connectivity index (χ3n) is 3.42. The first kappa shape index (κ1) is 14.5. The topological polar surface area (TPSA) is 57.6 Å². The number of carbonyl (C=O) groups is 2. The van der Waals surface area contributed by atoms with Gasteiger partial charge in [-0.1, -0.05) is 6.92 Å². The highest BCUT2D eigenvalue weighted by Gasteiger charge is 2.40. The Balaban J connectivity index is 2.37. The summed E-state index contributed by atoms with van der Waals surface area (Å²) >= 11 is 4.92. The Morgan fingerprint density at radius 3 is 2.89 bits per heavy atom. The van der Waals surface area contributed by atoms with E-state index in [4.69, 9.17) is 0 Å². The first-order chi connectivity index (χ1) is 9.04. The molecule has 104 valence electrons. The summed E-state index contributed by atoms with van der Waals surface area (Å²) in [7, 11) is 0. The number of piperidine rings is 1. The number of thiophene rings is 1. The van der Waals surface area contributed by atoms with Crippen LogP contribution in [0.3, 0.4) is 0 Å². The van der Waals surface area contributed by atoms with E-state index in [1.807, 2.05) is 18.4 Å².